The van der Waals surface area contributed by atoms with Crippen molar-refractivity contribution < 1.29 is 31.0 Å². The maximum Gasteiger partial charge on any atom is 0.155 e. The van der Waals surface area contributed by atoms with E-state index in [-0.39, 0.29) is 32.6 Å². The molecule has 0 bridgehead atoms. The molecule has 3 aromatic rings. The molecule has 3 rings (SSSR count). The van der Waals surface area contributed by atoms with E-state index in [1.54, 1.807) is 11.3 Å². The first-order valence-corrected chi connectivity index (χ1v) is 7.58. The van der Waals surface area contributed by atoms with Crippen molar-refractivity contribution in [3.63, 3.8) is 0 Å². The predicted octanol–water partition coefficient (Wildman–Crippen LogP) is 4.80. The molecule has 0 aliphatic rings. The number of hydrogen-bond donors (Lipinski definition) is 1. The number of nitrogens with zero attached hydrogens (tertiary/aromatic N) is 1. The van der Waals surface area contributed by atoms with Crippen LogP contribution in [0.25, 0.3) is 20.7 Å². The average molecular weight is 505 g/mol. The number of carbonyl (C=O) groups excluding carboxylic acids is 1. The SMILES string of the molecule is CC(=O)/C=C(/C)O.[Pt].[c-]1c(-c2ccccn2)sc2ccccc12. The van der Waals surface area contributed by atoms with E-state index < -0.39 is 0 Å². The number of fused-ring (bicyclic) bond motifs is 1. The van der Waals surface area contributed by atoms with Crippen LogP contribution in [0.4, 0.5) is 0 Å². The molecule has 0 amide bonds. The van der Waals surface area contributed by atoms with Crippen molar-refractivity contribution in [3.8, 4) is 10.6 Å². The molecule has 1 N–H and O–H groups in total. The Balaban J connectivity index is 0.000000287. The van der Waals surface area contributed by atoms with Crippen molar-refractivity contribution in [1.29, 1.82) is 0 Å². The van der Waals surface area contributed by atoms with Crippen LogP contribution in [0.2, 0.25) is 0 Å². The first-order chi connectivity index (χ1) is 10.6. The number of carbonyl (C=O) groups is 1. The number of aromatic nitrogens is 1. The number of hydrogen-bond acceptors (Lipinski definition) is 4. The average Bonchev–Trinajstić information content (AvgIpc) is 2.91. The summed E-state index contributed by atoms with van der Waals surface area (Å²) in [4.78, 5) is 15.4. The summed E-state index contributed by atoms with van der Waals surface area (Å²) in [5, 5.41) is 9.53. The first kappa shape index (κ1) is 19.3. The third kappa shape index (κ3) is 6.09. The quantitative estimate of drug-likeness (QED) is 0.309. The Morgan fingerprint density at radius 2 is 1.87 bits per heavy atom. The molecule has 0 spiro atoms. The van der Waals surface area contributed by atoms with Gasteiger partial charge >= 0.3 is 0 Å². The smallest absolute Gasteiger partial charge is 0.155 e. The fourth-order valence-corrected chi connectivity index (χ4v) is 2.81. The Morgan fingerprint density at radius 3 is 2.39 bits per heavy atom. The third-order valence-corrected chi connectivity index (χ3v) is 3.75. The van der Waals surface area contributed by atoms with Crippen molar-refractivity contribution in [2.75, 3.05) is 0 Å². The molecule has 0 aliphatic carbocycles. The van der Waals surface area contributed by atoms with Crippen molar-refractivity contribution in [2.24, 2.45) is 0 Å². The summed E-state index contributed by atoms with van der Waals surface area (Å²) >= 11 is 1.73. The number of pyridine rings is 1. The van der Waals surface area contributed by atoms with E-state index in [1.807, 2.05) is 30.5 Å². The summed E-state index contributed by atoms with van der Waals surface area (Å²) in [6.45, 7) is 2.85. The summed E-state index contributed by atoms with van der Waals surface area (Å²) in [6, 6.07) is 17.6. The van der Waals surface area contributed by atoms with Crippen LogP contribution in [0.15, 0.2) is 60.5 Å². The Hall–Kier alpha value is -1.77. The van der Waals surface area contributed by atoms with Gasteiger partial charge in [0, 0.05) is 39.0 Å². The van der Waals surface area contributed by atoms with Crippen LogP contribution in [-0.2, 0) is 25.9 Å². The number of benzene rings is 1. The molecule has 2 heterocycles. The van der Waals surface area contributed by atoms with Gasteiger partial charge in [-0.1, -0.05) is 24.3 Å². The number of aliphatic hydroxyl groups excluding tert-OH is 1. The molecule has 0 radical (unpaired) electrons. The van der Waals surface area contributed by atoms with Gasteiger partial charge in [-0.25, -0.2) is 11.3 Å². The van der Waals surface area contributed by atoms with Gasteiger partial charge in [0.2, 0.25) is 0 Å². The molecule has 0 saturated carbocycles. The minimum absolute atomic E-state index is 0. The second-order valence-corrected chi connectivity index (χ2v) is 5.72. The summed E-state index contributed by atoms with van der Waals surface area (Å²) in [5.41, 5.74) is 0.999. The van der Waals surface area contributed by atoms with Gasteiger partial charge in [-0.05, 0) is 29.5 Å². The van der Waals surface area contributed by atoms with Crippen molar-refractivity contribution in [2.45, 2.75) is 13.8 Å². The normalized spacial score (nSPS) is 10.4. The molecule has 0 unspecified atom stereocenters. The predicted molar refractivity (Wildman–Crippen MR) is 91.0 cm³/mol. The van der Waals surface area contributed by atoms with E-state index in [9.17, 15) is 4.79 Å². The minimum atomic E-state index is -0.125. The van der Waals surface area contributed by atoms with Gasteiger partial charge in [0.05, 0.1) is 5.76 Å². The van der Waals surface area contributed by atoms with Crippen LogP contribution >= 0.6 is 11.3 Å². The number of aliphatic hydroxyl groups is 1. The molecule has 0 aliphatic heterocycles. The van der Waals surface area contributed by atoms with Gasteiger partial charge in [0.25, 0.3) is 0 Å². The second kappa shape index (κ2) is 9.39. The summed E-state index contributed by atoms with van der Waals surface area (Å²) in [5.74, 6) is -0.0625. The van der Waals surface area contributed by atoms with E-state index >= 15 is 0 Å². The van der Waals surface area contributed by atoms with Crippen LogP contribution in [0.1, 0.15) is 13.8 Å². The number of rotatable bonds is 2. The van der Waals surface area contributed by atoms with E-state index in [0.717, 1.165) is 10.6 Å². The summed E-state index contributed by atoms with van der Waals surface area (Å²) in [6.07, 6.45) is 2.98. The second-order valence-electron chi connectivity index (χ2n) is 4.66. The molecule has 1 aromatic carbocycles. The van der Waals surface area contributed by atoms with Crippen LogP contribution in [0.3, 0.4) is 0 Å². The van der Waals surface area contributed by atoms with Gasteiger partial charge < -0.3 is 10.1 Å². The third-order valence-electron chi connectivity index (χ3n) is 2.66. The topological polar surface area (TPSA) is 50.2 Å². The Labute approximate surface area is 154 Å². The van der Waals surface area contributed by atoms with Gasteiger partial charge in [-0.3, -0.25) is 4.79 Å². The number of ketones is 1. The monoisotopic (exact) mass is 505 g/mol. The minimum Gasteiger partial charge on any atom is -0.512 e. The van der Waals surface area contributed by atoms with Crippen molar-refractivity contribution in [3.05, 3.63) is 66.6 Å². The van der Waals surface area contributed by atoms with Crippen LogP contribution < -0.4 is 0 Å². The van der Waals surface area contributed by atoms with E-state index in [0.29, 0.717) is 0 Å². The molecule has 0 fully saturated rings. The maximum absolute atomic E-state index is 10.0. The first-order valence-electron chi connectivity index (χ1n) is 6.76. The van der Waals surface area contributed by atoms with Crippen LogP contribution in [0.5, 0.6) is 0 Å². The van der Waals surface area contributed by atoms with Crippen LogP contribution in [0, 0.1) is 6.07 Å². The Bertz CT molecular complexity index is 760. The van der Waals surface area contributed by atoms with Gasteiger partial charge in [0.1, 0.15) is 0 Å². The molecule has 2 aromatic heterocycles. The zero-order valence-electron chi connectivity index (χ0n) is 12.7. The molecule has 3 nitrogen and oxygen atoms in total. The Kier molecular flexibility index (Phi) is 7.87. The van der Waals surface area contributed by atoms with Crippen LogP contribution in [-0.4, -0.2) is 15.9 Å². The molecular formula is C18H16NO2PtS-. The molecule has 0 atom stereocenters. The zero-order valence-corrected chi connectivity index (χ0v) is 15.8. The van der Waals surface area contributed by atoms with E-state index in [4.69, 9.17) is 5.11 Å². The molecule has 23 heavy (non-hydrogen) atoms. The molecule has 0 saturated heterocycles. The zero-order chi connectivity index (χ0) is 15.9. The summed E-state index contributed by atoms with van der Waals surface area (Å²) in [7, 11) is 0. The largest absolute Gasteiger partial charge is 0.512 e. The summed E-state index contributed by atoms with van der Waals surface area (Å²) < 4.78 is 1.26. The van der Waals surface area contributed by atoms with E-state index in [2.05, 4.69) is 29.2 Å². The van der Waals surface area contributed by atoms with Gasteiger partial charge in [-0.15, -0.1) is 23.6 Å². The maximum atomic E-state index is 10.0. The van der Waals surface area contributed by atoms with Gasteiger partial charge in [0.15, 0.2) is 5.78 Å². The van der Waals surface area contributed by atoms with Gasteiger partial charge in [-0.2, -0.15) is 0 Å². The van der Waals surface area contributed by atoms with Crippen molar-refractivity contribution in [1.82, 2.24) is 4.98 Å². The molecule has 5 heteroatoms. The number of allylic oxidation sites excluding steroid dienone is 2. The fraction of sp³-hybridized carbons (Fsp3) is 0.111. The molecular weight excluding hydrogens is 489 g/mol. The standard InChI is InChI=1S/C13H8NS.C5H8O2.Pt/c1-2-7-12-10(5-1)9-13(15-12)11-6-3-4-8-14-11;1-4(6)3-5(2)7;/h1-8H;3,6H,1-2H3;/q-1;;/b;4-3-;. The fourth-order valence-electron chi connectivity index (χ4n) is 1.82. The van der Waals surface area contributed by atoms with Crippen molar-refractivity contribution >= 4 is 27.2 Å². The Morgan fingerprint density at radius 1 is 1.17 bits per heavy atom. The molecule has 122 valence electrons. The van der Waals surface area contributed by atoms with E-state index in [1.165, 1.54) is 30.0 Å². The number of thiophene rings is 1.